The molecule has 0 spiro atoms. The van der Waals surface area contributed by atoms with Crippen molar-refractivity contribution in [2.24, 2.45) is 0 Å². The number of likely N-dealkylation sites (tertiary alicyclic amines) is 1. The number of piperidine rings is 1. The minimum absolute atomic E-state index is 0.387. The molecule has 2 nitrogen and oxygen atoms in total. The van der Waals surface area contributed by atoms with Crippen molar-refractivity contribution in [1.29, 1.82) is 0 Å². The molecule has 0 bridgehead atoms. The number of halogens is 1. The summed E-state index contributed by atoms with van der Waals surface area (Å²) in [7, 11) is 0. The second kappa shape index (κ2) is 3.36. The summed E-state index contributed by atoms with van der Waals surface area (Å²) in [6, 6.07) is 0. The van der Waals surface area contributed by atoms with Gasteiger partial charge in [-0.15, -0.1) is 0 Å². The number of hydrogen-bond acceptors (Lipinski definition) is 2. The third kappa shape index (κ3) is 2.36. The molecule has 1 fully saturated rings. The van der Waals surface area contributed by atoms with E-state index in [0.717, 1.165) is 30.5 Å². The fourth-order valence-corrected chi connectivity index (χ4v) is 1.84. The summed E-state index contributed by atoms with van der Waals surface area (Å²) in [6.07, 6.45) is 1.85. The Morgan fingerprint density at radius 3 is 2.40 bits per heavy atom. The van der Waals surface area contributed by atoms with Crippen molar-refractivity contribution in [3.8, 4) is 0 Å². The van der Waals surface area contributed by atoms with Gasteiger partial charge in [0, 0.05) is 13.1 Å². The van der Waals surface area contributed by atoms with Gasteiger partial charge < -0.3 is 5.11 Å². The highest BCUT2D eigenvalue weighted by Gasteiger charge is 2.26. The van der Waals surface area contributed by atoms with E-state index in [1.54, 1.807) is 0 Å². The maximum atomic E-state index is 9.56. The van der Waals surface area contributed by atoms with Crippen LogP contribution in [0.1, 0.15) is 19.8 Å². The van der Waals surface area contributed by atoms with E-state index in [9.17, 15) is 5.11 Å². The van der Waals surface area contributed by atoms with Crippen LogP contribution in [-0.4, -0.2) is 33.2 Å². The molecule has 10 heavy (non-hydrogen) atoms. The molecule has 1 heterocycles. The van der Waals surface area contributed by atoms with Crippen LogP contribution in [0, 0.1) is 0 Å². The molecule has 1 aliphatic rings. The van der Waals surface area contributed by atoms with Gasteiger partial charge in [-0.3, -0.25) is 4.90 Å². The molecule has 0 aliphatic carbocycles. The maximum Gasteiger partial charge on any atom is 0.0644 e. The molecule has 0 radical (unpaired) electrons. The smallest absolute Gasteiger partial charge is 0.0644 e. The molecule has 0 amide bonds. The van der Waals surface area contributed by atoms with Crippen molar-refractivity contribution in [1.82, 2.24) is 4.90 Å². The minimum atomic E-state index is -0.387. The van der Waals surface area contributed by atoms with Crippen molar-refractivity contribution >= 4 is 22.6 Å². The lowest BCUT2D eigenvalue weighted by Gasteiger charge is -2.34. The standard InChI is InChI=1S/C7H14INO/c1-7(10)2-4-9(6-8)5-3-7/h10H,2-6H2,1H3. The molecule has 0 aromatic rings. The zero-order chi connectivity index (χ0) is 7.61. The van der Waals surface area contributed by atoms with Crippen LogP contribution < -0.4 is 0 Å². The largest absolute Gasteiger partial charge is 0.390 e. The van der Waals surface area contributed by atoms with E-state index >= 15 is 0 Å². The summed E-state index contributed by atoms with van der Waals surface area (Å²) in [4.78, 5) is 2.36. The lowest BCUT2D eigenvalue weighted by atomic mass is 9.94. The fraction of sp³-hybridized carbons (Fsp3) is 1.00. The van der Waals surface area contributed by atoms with Crippen LogP contribution in [0.25, 0.3) is 0 Å². The van der Waals surface area contributed by atoms with E-state index in [-0.39, 0.29) is 5.60 Å². The van der Waals surface area contributed by atoms with Gasteiger partial charge in [0.05, 0.1) is 10.2 Å². The maximum absolute atomic E-state index is 9.56. The van der Waals surface area contributed by atoms with Gasteiger partial charge in [-0.05, 0) is 19.8 Å². The molecular formula is C7H14INO. The van der Waals surface area contributed by atoms with Crippen molar-refractivity contribution < 1.29 is 5.11 Å². The molecular weight excluding hydrogens is 241 g/mol. The highest BCUT2D eigenvalue weighted by atomic mass is 127. The lowest BCUT2D eigenvalue weighted by Crippen LogP contribution is -2.41. The summed E-state index contributed by atoms with van der Waals surface area (Å²) in [5, 5.41) is 9.56. The highest BCUT2D eigenvalue weighted by molar-refractivity contribution is 14.1. The van der Waals surface area contributed by atoms with E-state index < -0.39 is 0 Å². The van der Waals surface area contributed by atoms with E-state index in [1.807, 2.05) is 6.92 Å². The second-order valence-corrected chi connectivity index (χ2v) is 3.92. The van der Waals surface area contributed by atoms with Gasteiger partial charge in [0.25, 0.3) is 0 Å². The van der Waals surface area contributed by atoms with E-state index in [4.69, 9.17) is 0 Å². The molecule has 0 unspecified atom stereocenters. The van der Waals surface area contributed by atoms with Crippen molar-refractivity contribution in [2.75, 3.05) is 17.6 Å². The number of rotatable bonds is 1. The monoisotopic (exact) mass is 255 g/mol. The average molecular weight is 255 g/mol. The van der Waals surface area contributed by atoms with Crippen LogP contribution in [0.4, 0.5) is 0 Å². The lowest BCUT2D eigenvalue weighted by molar-refractivity contribution is 0.000275. The first kappa shape index (κ1) is 8.74. The quantitative estimate of drug-likeness (QED) is 0.432. The summed E-state index contributed by atoms with van der Waals surface area (Å²) in [5.74, 6) is 0. The Kier molecular flexibility index (Phi) is 2.94. The van der Waals surface area contributed by atoms with Crippen LogP contribution in [0.5, 0.6) is 0 Å². The van der Waals surface area contributed by atoms with Gasteiger partial charge in [-0.25, -0.2) is 0 Å². The summed E-state index contributed by atoms with van der Waals surface area (Å²) in [5.41, 5.74) is -0.387. The molecule has 0 saturated carbocycles. The van der Waals surface area contributed by atoms with Crippen LogP contribution in [0.2, 0.25) is 0 Å². The Bertz CT molecular complexity index is 106. The third-order valence-electron chi connectivity index (χ3n) is 2.10. The van der Waals surface area contributed by atoms with Crippen LogP contribution >= 0.6 is 22.6 Å². The Hall–Kier alpha value is 0.650. The summed E-state index contributed by atoms with van der Waals surface area (Å²) < 4.78 is 1.09. The van der Waals surface area contributed by atoms with Gasteiger partial charge in [0.2, 0.25) is 0 Å². The third-order valence-corrected chi connectivity index (χ3v) is 3.07. The Balaban J connectivity index is 2.31. The predicted octanol–water partition coefficient (Wildman–Crippen LogP) is 1.23. The average Bonchev–Trinajstić information content (AvgIpc) is 1.88. The van der Waals surface area contributed by atoms with E-state index in [1.165, 1.54) is 0 Å². The second-order valence-electron chi connectivity index (χ2n) is 3.23. The molecule has 1 aliphatic heterocycles. The van der Waals surface area contributed by atoms with Gasteiger partial charge in [-0.2, -0.15) is 0 Å². The first-order chi connectivity index (χ1) is 4.64. The molecule has 0 atom stereocenters. The normalized spacial score (nSPS) is 26.7. The molecule has 60 valence electrons. The Morgan fingerprint density at radius 1 is 1.50 bits per heavy atom. The van der Waals surface area contributed by atoms with Gasteiger partial charge in [-0.1, -0.05) is 22.6 Å². The van der Waals surface area contributed by atoms with Crippen molar-refractivity contribution in [3.63, 3.8) is 0 Å². The van der Waals surface area contributed by atoms with Crippen LogP contribution in [0.15, 0.2) is 0 Å². The zero-order valence-electron chi connectivity index (χ0n) is 6.31. The molecule has 1 saturated heterocycles. The van der Waals surface area contributed by atoms with Crippen LogP contribution in [0.3, 0.4) is 0 Å². The van der Waals surface area contributed by atoms with Gasteiger partial charge in [0.1, 0.15) is 0 Å². The Morgan fingerprint density at radius 2 is 2.00 bits per heavy atom. The van der Waals surface area contributed by atoms with Crippen molar-refractivity contribution in [2.45, 2.75) is 25.4 Å². The molecule has 0 aromatic heterocycles. The van der Waals surface area contributed by atoms with Crippen molar-refractivity contribution in [3.05, 3.63) is 0 Å². The van der Waals surface area contributed by atoms with Gasteiger partial charge >= 0.3 is 0 Å². The first-order valence-electron chi connectivity index (χ1n) is 3.65. The summed E-state index contributed by atoms with van der Waals surface area (Å²) in [6.45, 7) is 4.03. The van der Waals surface area contributed by atoms with E-state index in [2.05, 4.69) is 27.5 Å². The van der Waals surface area contributed by atoms with Gasteiger partial charge in [0.15, 0.2) is 0 Å². The highest BCUT2D eigenvalue weighted by Crippen LogP contribution is 2.21. The minimum Gasteiger partial charge on any atom is -0.390 e. The molecule has 1 N–H and O–H groups in total. The molecule has 3 heteroatoms. The predicted molar refractivity (Wildman–Crippen MR) is 50.3 cm³/mol. The number of aliphatic hydroxyl groups is 1. The topological polar surface area (TPSA) is 23.5 Å². The van der Waals surface area contributed by atoms with Crippen LogP contribution in [-0.2, 0) is 0 Å². The van der Waals surface area contributed by atoms with E-state index in [0.29, 0.717) is 0 Å². The molecule has 0 aromatic carbocycles. The number of nitrogens with zero attached hydrogens (tertiary/aromatic N) is 1. The summed E-state index contributed by atoms with van der Waals surface area (Å²) >= 11 is 2.36. The number of hydrogen-bond donors (Lipinski definition) is 1. The first-order valence-corrected chi connectivity index (χ1v) is 5.17. The number of alkyl halides is 1. The fourth-order valence-electron chi connectivity index (χ4n) is 1.15. The molecule has 1 rings (SSSR count). The SMILES string of the molecule is CC1(O)CCN(CI)CC1. The zero-order valence-corrected chi connectivity index (χ0v) is 8.47. The Labute approximate surface area is 75.7 Å².